The lowest BCUT2D eigenvalue weighted by Crippen LogP contribution is -2.46. The number of amidine groups is 1. The molecule has 0 bridgehead atoms. The summed E-state index contributed by atoms with van der Waals surface area (Å²) in [5.41, 5.74) is 14.5. The normalized spacial score (nSPS) is 23.1. The summed E-state index contributed by atoms with van der Waals surface area (Å²) in [7, 11) is 2.62. The van der Waals surface area contributed by atoms with Gasteiger partial charge in [-0.15, -0.1) is 0 Å². The second-order valence-electron chi connectivity index (χ2n) is 29.3. The standard InChI is InChI=1S/C15H22N2O5.C14H22N4O4.C14H21N3O4.C14H19N3O3.C9H13NO3.C6H11NO3/c1-8(2)13(12-5-9(3)16-22-12)14(19)17-7-10(18)6-11(17)15(20)21-4;1-7(2)12(11-4-8(3)17-22-11)14(20)18-6-9(19)5-10(18)13(15)16-21;1-7(2)12(11-4-8(3)16-21-11)14(20)17-6-9(18)5-10(17)13(15)19;1-8(2)13(12-4-9(3)16-20-12)14(19)17-7-11(18)5-10(17)6-15;1-5(2)8(9(11)12)7-4-6(3)10-13-7;1-10-6(9)5-2-4(8)3-7-5/h5,8,10-11,13,18H,6-7H2,1-4H3;4,7,9-10,12,19,21H,5-6H2,1-3H3,(H2,15,16);4,7,9-10,12,18H,5-6H2,1-3H3,(H2,15,19);4,8,10-11,13,18H,5,7H2,1-3H3;4-5,8H,1-3H3,(H,11,12);4-5,7-8H,2-3H2,1H3/t10-,11+,13?;2*9-,10+,12?;10-,11+,13?;;4-,5+/m1110.1/s1. The summed E-state index contributed by atoms with van der Waals surface area (Å²) in [6.45, 7) is 28.9. The number of carbonyl (C=O) groups excluding carboxylic acids is 7. The van der Waals surface area contributed by atoms with Crippen molar-refractivity contribution in [1.29, 1.82) is 5.26 Å². The van der Waals surface area contributed by atoms with E-state index in [1.54, 1.807) is 65.0 Å². The van der Waals surface area contributed by atoms with Gasteiger partial charge in [-0.2, -0.15) is 5.26 Å². The van der Waals surface area contributed by atoms with Crippen molar-refractivity contribution < 1.29 is 106 Å². The Morgan fingerprint density at radius 1 is 0.472 bits per heavy atom. The predicted octanol–water partition coefficient (Wildman–Crippen LogP) is 3.36. The number of aryl methyl sites for hydroxylation is 5. The third kappa shape index (κ3) is 23.7. The average Bonchev–Trinajstić information content (AvgIpc) is 1.66. The summed E-state index contributed by atoms with van der Waals surface area (Å²) < 4.78 is 35.0. The summed E-state index contributed by atoms with van der Waals surface area (Å²) in [5.74, 6) is -3.65. The molecule has 0 saturated carbocycles. The molecule has 5 amide bonds. The number of aliphatic carboxylic acids is 1. The molecule has 5 fully saturated rings. The molecular formula is C72H108N14O22. The quantitative estimate of drug-likeness (QED) is 0.0186. The molecule has 5 aliphatic rings. The van der Waals surface area contributed by atoms with Crippen molar-refractivity contribution in [3.05, 3.63) is 87.6 Å². The highest BCUT2D eigenvalue weighted by atomic mass is 16.5. The Kier molecular flexibility index (Phi) is 33.4. The number of methoxy groups -OCH3 is 2. The fraction of sp³-hybridized carbons (Fsp3) is 0.653. The first-order valence-electron chi connectivity index (χ1n) is 35.8. The number of β-amino-alcohol motifs (C(OH)–C–C–N with tert-alkyl or cyclic N) is 5. The SMILES string of the molecule is COC(=O)[C@@H]1C[C@@H](O)CN1.COC(=O)[C@@H]1C[C@@H](O)CN1C(=O)C(c1cc(C)no1)C(C)C.Cc1cc(C(C(=O)N2C[C@H](O)C[C@H]2/C(N)=N/O)C(C)C)on1.Cc1cc(C(C(=O)N2C[C@H](O)C[C@H]2C#N)C(C)C)on1.Cc1cc(C(C(=O)N2C[C@H](O)C[C@H]2C(N)=O)C(C)C)on1.Cc1cc(C(C(=O)O)C(C)C)on1. The predicted molar refractivity (Wildman–Crippen MR) is 381 cm³/mol. The maximum atomic E-state index is 12.9. The third-order valence-corrected chi connectivity index (χ3v) is 18.7. The lowest BCUT2D eigenvalue weighted by atomic mass is 9.91. The molecule has 10 heterocycles. The molecule has 0 spiro atoms. The van der Waals surface area contributed by atoms with E-state index >= 15 is 0 Å². The zero-order chi connectivity index (χ0) is 81.0. The van der Waals surface area contributed by atoms with E-state index < -0.39 is 102 Å². The first-order valence-corrected chi connectivity index (χ1v) is 35.8. The van der Waals surface area contributed by atoms with Crippen LogP contribution in [0, 0.1) is 75.5 Å². The number of carboxylic acid groups (broad SMARTS) is 1. The van der Waals surface area contributed by atoms with Gasteiger partial charge in [0.15, 0.2) is 11.6 Å². The first-order chi connectivity index (χ1) is 50.7. The van der Waals surface area contributed by atoms with E-state index in [-0.39, 0.29) is 117 Å². The van der Waals surface area contributed by atoms with Crippen molar-refractivity contribution >= 4 is 53.3 Å². The second kappa shape index (κ2) is 40.5. The fourth-order valence-corrected chi connectivity index (χ4v) is 13.4. The van der Waals surface area contributed by atoms with Gasteiger partial charge < -0.3 is 104 Å². The molecule has 10 rings (SSSR count). The number of aliphatic hydroxyl groups is 5. The van der Waals surface area contributed by atoms with Crippen LogP contribution in [0.2, 0.25) is 0 Å². The minimum Gasteiger partial charge on any atom is -0.481 e. The van der Waals surface area contributed by atoms with Crippen LogP contribution in [-0.4, -0.2) is 242 Å². The Bertz CT molecular complexity index is 3850. The van der Waals surface area contributed by atoms with Crippen molar-refractivity contribution in [3.8, 4) is 6.07 Å². The summed E-state index contributed by atoms with van der Waals surface area (Å²) in [6, 6.07) is 7.65. The maximum Gasteiger partial charge on any atom is 0.328 e. The minimum atomic E-state index is -0.869. The number of aliphatic hydroxyl groups excluding tert-OH is 5. The van der Waals surface area contributed by atoms with Gasteiger partial charge >= 0.3 is 17.9 Å². The van der Waals surface area contributed by atoms with Crippen LogP contribution in [0.25, 0.3) is 0 Å². The van der Waals surface area contributed by atoms with Gasteiger partial charge in [0.05, 0.1) is 85.3 Å². The number of likely N-dealkylation sites (tertiary alicyclic amines) is 4. The Morgan fingerprint density at radius 2 is 0.769 bits per heavy atom. The molecule has 0 aliphatic carbocycles. The van der Waals surface area contributed by atoms with Crippen molar-refractivity contribution in [1.82, 2.24) is 50.7 Å². The van der Waals surface area contributed by atoms with Crippen LogP contribution in [-0.2, 0) is 47.8 Å². The molecule has 5 aromatic heterocycles. The molecule has 5 unspecified atom stereocenters. The van der Waals surface area contributed by atoms with Gasteiger partial charge in [0.2, 0.25) is 29.5 Å². The number of esters is 2. The Balaban J connectivity index is 0.000000236. The highest BCUT2D eigenvalue weighted by Crippen LogP contribution is 2.36. The lowest BCUT2D eigenvalue weighted by Gasteiger charge is -2.28. The number of amides is 5. The number of ether oxygens (including phenoxy) is 2. The molecule has 0 aromatic carbocycles. The first kappa shape index (κ1) is 89.0. The number of hydrogen-bond donors (Lipinski definition) is 10. The highest BCUT2D eigenvalue weighted by molar-refractivity contribution is 5.93. The number of primary amides is 1. The number of aromatic nitrogens is 5. The van der Waals surface area contributed by atoms with E-state index in [9.17, 15) is 58.8 Å². The van der Waals surface area contributed by atoms with E-state index in [0.717, 1.165) is 5.69 Å². The van der Waals surface area contributed by atoms with Gasteiger partial charge in [-0.1, -0.05) is 100 Å². The van der Waals surface area contributed by atoms with Crippen LogP contribution in [0.15, 0.2) is 58.1 Å². The van der Waals surface area contributed by atoms with Crippen molar-refractivity contribution in [2.24, 2.45) is 46.2 Å². The molecule has 5 aromatic rings. The summed E-state index contributed by atoms with van der Waals surface area (Å²) in [4.78, 5) is 102. The number of oxime groups is 1. The summed E-state index contributed by atoms with van der Waals surface area (Å²) in [5, 5.41) is 99.7. The third-order valence-electron chi connectivity index (χ3n) is 18.7. The molecule has 36 nitrogen and oxygen atoms in total. The van der Waals surface area contributed by atoms with E-state index in [0.29, 0.717) is 71.0 Å². The fourth-order valence-electron chi connectivity index (χ4n) is 13.4. The number of hydrogen-bond acceptors (Lipinski definition) is 29. The summed E-state index contributed by atoms with van der Waals surface area (Å²) >= 11 is 0. The summed E-state index contributed by atoms with van der Waals surface area (Å²) in [6.07, 6.45) is -1.78. The van der Waals surface area contributed by atoms with Crippen molar-refractivity contribution in [2.45, 2.75) is 226 Å². The number of nitriles is 1. The number of carbonyl (C=O) groups is 8. The zero-order valence-corrected chi connectivity index (χ0v) is 64.3. The number of nitrogens with one attached hydrogen (secondary N) is 1. The number of rotatable bonds is 19. The zero-order valence-electron chi connectivity index (χ0n) is 64.3. The molecule has 598 valence electrons. The van der Waals surface area contributed by atoms with Gasteiger partial charge in [0.25, 0.3) is 0 Å². The Morgan fingerprint density at radius 3 is 1.05 bits per heavy atom. The van der Waals surface area contributed by atoms with Crippen LogP contribution >= 0.6 is 0 Å². The number of nitrogens with two attached hydrogens (primary N) is 2. The Labute approximate surface area is 626 Å². The van der Waals surface area contributed by atoms with E-state index in [2.05, 4.69) is 47.1 Å². The van der Waals surface area contributed by atoms with Crippen molar-refractivity contribution in [3.63, 3.8) is 0 Å². The van der Waals surface area contributed by atoms with E-state index in [1.165, 1.54) is 33.8 Å². The monoisotopic (exact) mass is 1520 g/mol. The largest absolute Gasteiger partial charge is 0.481 e. The second-order valence-corrected chi connectivity index (χ2v) is 29.3. The lowest BCUT2D eigenvalue weighted by molar-refractivity contribution is -0.152. The van der Waals surface area contributed by atoms with Crippen LogP contribution < -0.4 is 16.8 Å². The molecule has 12 N–H and O–H groups in total. The van der Waals surface area contributed by atoms with Crippen LogP contribution in [0.4, 0.5) is 0 Å². The Hall–Kier alpha value is -9.67. The number of nitrogens with zero attached hydrogens (tertiary/aromatic N) is 11. The van der Waals surface area contributed by atoms with Crippen LogP contribution in [0.5, 0.6) is 0 Å². The van der Waals surface area contributed by atoms with Crippen LogP contribution in [0.1, 0.15) is 188 Å². The molecule has 5 saturated heterocycles. The maximum absolute atomic E-state index is 12.9. The van der Waals surface area contributed by atoms with Gasteiger partial charge in [-0.05, 0) is 64.2 Å². The molecule has 36 heteroatoms. The van der Waals surface area contributed by atoms with E-state index in [1.807, 2.05) is 69.2 Å². The smallest absolute Gasteiger partial charge is 0.328 e. The highest BCUT2D eigenvalue weighted by Gasteiger charge is 2.47. The molecule has 15 atom stereocenters. The minimum absolute atomic E-state index is 0.00449. The van der Waals surface area contributed by atoms with Gasteiger partial charge in [-0.25, -0.2) is 4.79 Å². The topological polar surface area (TPSA) is 540 Å². The van der Waals surface area contributed by atoms with Gasteiger partial charge in [-0.3, -0.25) is 33.6 Å². The van der Waals surface area contributed by atoms with Gasteiger partial charge in [0.1, 0.15) is 76.8 Å². The van der Waals surface area contributed by atoms with Crippen molar-refractivity contribution in [2.75, 3.05) is 46.9 Å². The molecule has 108 heavy (non-hydrogen) atoms. The molecule has 5 aliphatic heterocycles. The van der Waals surface area contributed by atoms with Gasteiger partial charge in [0, 0.05) is 95.2 Å². The average molecular weight is 1520 g/mol. The number of carboxylic acids is 1. The van der Waals surface area contributed by atoms with E-state index in [4.69, 9.17) is 59.5 Å². The molecule has 0 radical (unpaired) electrons. The molecular weight excluding hydrogens is 1410 g/mol. The van der Waals surface area contributed by atoms with Crippen LogP contribution in [0.3, 0.4) is 0 Å².